The Labute approximate surface area is 769 Å². The number of nitrogens with zero attached hydrogens (tertiary/aromatic N) is 12. The van der Waals surface area contributed by atoms with E-state index in [0.717, 1.165) is 116 Å². The second-order valence-electron chi connectivity index (χ2n) is 35.0. The minimum atomic E-state index is 0.619. The van der Waals surface area contributed by atoms with Gasteiger partial charge in [-0.05, 0) is 261 Å². The molecule has 0 atom stereocenters. The molecule has 20 heteroatoms. The molecule has 26 rings (SSSR count). The molecular formula is C111H92N12O4S4+4. The van der Waals surface area contributed by atoms with Gasteiger partial charge in [-0.25, -0.2) is 33.6 Å². The van der Waals surface area contributed by atoms with Gasteiger partial charge < -0.3 is 17.7 Å². The first-order chi connectivity index (χ1) is 63.5. The van der Waals surface area contributed by atoms with E-state index in [4.69, 9.17) is 27.6 Å². The van der Waals surface area contributed by atoms with E-state index in [9.17, 15) is 0 Å². The number of hydrogen-bond donors (Lipinski definition) is 0. The van der Waals surface area contributed by atoms with Crippen LogP contribution < -0.4 is 18.4 Å². The highest BCUT2D eigenvalue weighted by atomic mass is 32.1. The second-order valence-corrected chi connectivity index (χ2v) is 39.1. The van der Waals surface area contributed by atoms with E-state index in [2.05, 4.69) is 346 Å². The zero-order valence-electron chi connectivity index (χ0n) is 75.8. The summed E-state index contributed by atoms with van der Waals surface area (Å²) in [7, 11) is 8.54. The maximum Gasteiger partial charge on any atom is 0.296 e. The van der Waals surface area contributed by atoms with E-state index < -0.39 is 0 Å². The van der Waals surface area contributed by atoms with Crippen molar-refractivity contribution in [2.75, 3.05) is 0 Å². The number of para-hydroxylation sites is 9. The SMILES string of the molecule is Cc1ccc2c(n1)oc1c3cc(C)c(-c4n(-c5c(C)cccc5C)c5ccccc5[n+]4C)cc3oc21.Cc1ccc2c(n1)oc1c3ccc(C)c(-n4ccc[n+]4C)c3oc21.Cc1ccc2c(n1)sc1c3cc(C)c(-c4n(-c5c(C)cccc5C)c5ccccc5[n+]4C)cc3sc21.Cc1ccc2c(n1)sc1c3ccc(C)c(-c4n(-c5ccccc5C)c5ccccc5[n+]4C)c3sc21. The number of thiophene rings is 4. The molecule has 0 saturated heterocycles. The Balaban J connectivity index is 0.000000100. The van der Waals surface area contributed by atoms with Crippen LogP contribution in [0.25, 0.3) is 216 Å². The van der Waals surface area contributed by atoms with Crippen molar-refractivity contribution in [2.45, 2.75) is 90.0 Å². The summed E-state index contributed by atoms with van der Waals surface area (Å²) >= 11 is 7.45. The summed E-state index contributed by atoms with van der Waals surface area (Å²) in [4.78, 5) is 20.9. The first kappa shape index (κ1) is 81.0. The van der Waals surface area contributed by atoms with Gasteiger partial charge in [0, 0.05) is 55.1 Å². The topological polar surface area (TPSA) is 139 Å². The molecule has 0 aliphatic heterocycles. The lowest BCUT2D eigenvalue weighted by molar-refractivity contribution is -0.744. The van der Waals surface area contributed by atoms with Gasteiger partial charge in [-0.1, -0.05) is 109 Å². The van der Waals surface area contributed by atoms with Crippen molar-refractivity contribution in [1.82, 2.24) is 38.3 Å². The van der Waals surface area contributed by atoms with Crippen LogP contribution in [-0.2, 0) is 28.2 Å². The Morgan fingerprint density at radius 2 is 0.718 bits per heavy atom. The van der Waals surface area contributed by atoms with Crippen LogP contribution in [-0.4, -0.2) is 38.3 Å². The predicted molar refractivity (Wildman–Crippen MR) is 540 cm³/mol. The number of fused-ring (bicyclic) bond motifs is 23. The lowest BCUT2D eigenvalue weighted by Gasteiger charge is -2.11. The molecule has 0 unspecified atom stereocenters. The molecule has 26 aromatic rings. The third kappa shape index (κ3) is 12.7. The zero-order chi connectivity index (χ0) is 89.7. The molecule has 10 aromatic carbocycles. The summed E-state index contributed by atoms with van der Waals surface area (Å²) < 4.78 is 51.4. The Morgan fingerprint density at radius 3 is 1.27 bits per heavy atom. The van der Waals surface area contributed by atoms with E-state index in [1.54, 1.807) is 0 Å². The third-order valence-corrected chi connectivity index (χ3v) is 31.3. The van der Waals surface area contributed by atoms with Gasteiger partial charge in [0.15, 0.2) is 79.9 Å². The summed E-state index contributed by atoms with van der Waals surface area (Å²) in [5.41, 5.74) is 36.8. The Hall–Kier alpha value is -14.5. The second kappa shape index (κ2) is 30.8. The minimum absolute atomic E-state index is 0.619. The van der Waals surface area contributed by atoms with Crippen molar-refractivity contribution in [3.8, 4) is 56.9 Å². The maximum absolute atomic E-state index is 6.42. The number of rotatable bonds is 7. The number of hydrogen-bond acceptors (Lipinski definition) is 12. The lowest BCUT2D eigenvalue weighted by atomic mass is 10.0. The van der Waals surface area contributed by atoms with Crippen molar-refractivity contribution >= 4 is 204 Å². The average Bonchev–Trinajstić information content (AvgIpc) is 1.56. The quantitative estimate of drug-likeness (QED) is 0.144. The Kier molecular flexibility index (Phi) is 19.1. The van der Waals surface area contributed by atoms with E-state index in [1.807, 2.05) is 114 Å². The molecule has 0 amide bonds. The molecular weight excluding hydrogens is 1690 g/mol. The molecule has 0 bridgehead atoms. The van der Waals surface area contributed by atoms with Gasteiger partial charge in [-0.15, -0.1) is 54.7 Å². The number of imidazole rings is 3. The van der Waals surface area contributed by atoms with Gasteiger partial charge in [0.05, 0.1) is 89.1 Å². The minimum Gasteiger partial charge on any atom is -0.452 e. The molecule has 640 valence electrons. The summed E-state index contributed by atoms with van der Waals surface area (Å²) in [5.74, 6) is 3.55. The number of benzene rings is 10. The first-order valence-electron chi connectivity index (χ1n) is 44.1. The van der Waals surface area contributed by atoms with Crippen molar-refractivity contribution in [2.24, 2.45) is 28.2 Å². The van der Waals surface area contributed by atoms with Crippen LogP contribution in [0.4, 0.5) is 0 Å². The van der Waals surface area contributed by atoms with Crippen LogP contribution in [0.3, 0.4) is 0 Å². The zero-order valence-corrected chi connectivity index (χ0v) is 79.1. The van der Waals surface area contributed by atoms with Gasteiger partial charge >= 0.3 is 0 Å². The molecule has 0 aliphatic rings. The fourth-order valence-corrected chi connectivity index (χ4v) is 25.4. The van der Waals surface area contributed by atoms with Crippen molar-refractivity contribution in [1.29, 1.82) is 0 Å². The molecule has 0 radical (unpaired) electrons. The number of furan rings is 4. The third-order valence-electron chi connectivity index (χ3n) is 26.3. The Bertz CT molecular complexity index is 8990. The molecule has 131 heavy (non-hydrogen) atoms. The lowest BCUT2D eigenvalue weighted by Crippen LogP contribution is -2.37. The van der Waals surface area contributed by atoms with Gasteiger partial charge in [-0.3, -0.25) is 0 Å². The molecule has 16 aromatic heterocycles. The van der Waals surface area contributed by atoms with Crippen LogP contribution in [0.2, 0.25) is 0 Å². The monoisotopic (exact) mass is 1780 g/mol. The standard InChI is InChI=1S/C31H26N3O2.C31H26N3S2.C30H24N3S2.C19H16N3O2/c2*1-17-9-8-10-18(2)27(17)34-25-12-7-6-11-24(25)33(5)31(34)22-16-26-23(15-19(22)3)29-28(35-26)21-14-13-20(4)32-30(21)36-29;1-17-9-5-6-10-22(17)33-24-12-8-7-11-23(24)32(4)30(33)25-18(2)13-15-20-26(25)34-28-21-16-14-19(3)31-29(21)35-27(20)28;1-11-5-7-13-16(15(11)22-10-4-9-21(22)3)23-18-14-8-6-12(2)20-19(14)24-17(13)18/h2*6-16H,1-5H3;5-16H,1-4H3;4-10H,1-3H3/q4*+1. The number of aromatic nitrogens is 12. The number of aryl methyl sites for hydroxylation is 17. The molecule has 16 nitrogen and oxygen atoms in total. The summed E-state index contributed by atoms with van der Waals surface area (Å²) in [6, 6.07) is 84.4. The first-order valence-corrected chi connectivity index (χ1v) is 47.4. The van der Waals surface area contributed by atoms with E-state index in [0.29, 0.717) is 11.4 Å². The Morgan fingerprint density at radius 1 is 0.290 bits per heavy atom. The highest BCUT2D eigenvalue weighted by Crippen LogP contribution is 2.51. The van der Waals surface area contributed by atoms with Crippen molar-refractivity contribution in [3.05, 3.63) is 322 Å². The normalized spacial score (nSPS) is 12.0. The fourth-order valence-electron chi connectivity index (χ4n) is 19.9. The average molecular weight is 1790 g/mol. The predicted octanol–water partition coefficient (Wildman–Crippen LogP) is 27.7. The summed E-state index contributed by atoms with van der Waals surface area (Å²) in [5, 5.41) is 8.96. The van der Waals surface area contributed by atoms with Crippen LogP contribution in [0.15, 0.2) is 267 Å². The van der Waals surface area contributed by atoms with E-state index in [1.165, 1.54) is 162 Å². The molecule has 0 spiro atoms. The van der Waals surface area contributed by atoms with Gasteiger partial charge in [0.1, 0.15) is 32.3 Å². The molecule has 0 aliphatic carbocycles. The van der Waals surface area contributed by atoms with Crippen molar-refractivity contribution in [3.63, 3.8) is 0 Å². The van der Waals surface area contributed by atoms with Crippen LogP contribution in [0.1, 0.15) is 72.8 Å². The molecule has 0 fully saturated rings. The maximum atomic E-state index is 6.42. The van der Waals surface area contributed by atoms with E-state index in [-0.39, 0.29) is 0 Å². The van der Waals surface area contributed by atoms with Gasteiger partial charge in [0.2, 0.25) is 11.4 Å². The summed E-state index contributed by atoms with van der Waals surface area (Å²) in [6.45, 7) is 27.8. The summed E-state index contributed by atoms with van der Waals surface area (Å²) in [6.07, 6.45) is 4.03. The van der Waals surface area contributed by atoms with Crippen molar-refractivity contribution < 1.29 is 36.1 Å². The van der Waals surface area contributed by atoms with E-state index >= 15 is 0 Å². The van der Waals surface area contributed by atoms with Crippen LogP contribution in [0.5, 0.6) is 0 Å². The highest BCUT2D eigenvalue weighted by Gasteiger charge is 2.36. The van der Waals surface area contributed by atoms with Crippen LogP contribution in [0, 0.1) is 90.0 Å². The number of pyridine rings is 4. The molecule has 16 heterocycles. The molecule has 0 saturated carbocycles. The highest BCUT2D eigenvalue weighted by molar-refractivity contribution is 7.37. The van der Waals surface area contributed by atoms with Crippen LogP contribution >= 0.6 is 45.3 Å². The van der Waals surface area contributed by atoms with Gasteiger partial charge in [-0.2, -0.15) is 13.7 Å². The largest absolute Gasteiger partial charge is 0.452 e. The molecule has 0 N–H and O–H groups in total. The van der Waals surface area contributed by atoms with Gasteiger partial charge in [0.25, 0.3) is 17.5 Å². The smallest absolute Gasteiger partial charge is 0.296 e. The fraction of sp³-hybridized carbons (Fsp3) is 0.153.